The molecule has 0 spiro atoms. The van der Waals surface area contributed by atoms with Crippen LogP contribution in [0.3, 0.4) is 0 Å². The largest absolute Gasteiger partial charge is 0.394 e. The SMILES string of the molecule is Nc1ncn([C@@H]2OC(CO)[C@@H](O)[C@H]2O)c(=O)n1. The number of nitrogens with zero attached hydrogens (tertiary/aromatic N) is 3. The maximum absolute atomic E-state index is 11.5. The van der Waals surface area contributed by atoms with Gasteiger partial charge in [-0.1, -0.05) is 0 Å². The Hall–Kier alpha value is -1.55. The summed E-state index contributed by atoms with van der Waals surface area (Å²) >= 11 is 0. The van der Waals surface area contributed by atoms with Crippen molar-refractivity contribution in [1.82, 2.24) is 14.5 Å². The lowest BCUT2D eigenvalue weighted by Crippen LogP contribution is -2.36. The Morgan fingerprint density at radius 2 is 2.18 bits per heavy atom. The van der Waals surface area contributed by atoms with E-state index in [-0.39, 0.29) is 5.95 Å². The summed E-state index contributed by atoms with van der Waals surface area (Å²) in [7, 11) is 0. The van der Waals surface area contributed by atoms with E-state index in [0.717, 1.165) is 10.9 Å². The highest BCUT2D eigenvalue weighted by Crippen LogP contribution is 2.27. The molecule has 2 heterocycles. The van der Waals surface area contributed by atoms with Crippen LogP contribution < -0.4 is 11.4 Å². The van der Waals surface area contributed by atoms with Crippen LogP contribution in [0.5, 0.6) is 0 Å². The number of hydrogen-bond donors (Lipinski definition) is 4. The number of nitrogens with two attached hydrogens (primary N) is 1. The number of anilines is 1. The molecule has 0 amide bonds. The van der Waals surface area contributed by atoms with Crippen LogP contribution in [0.15, 0.2) is 11.1 Å². The number of aromatic nitrogens is 3. The Morgan fingerprint density at radius 1 is 1.47 bits per heavy atom. The van der Waals surface area contributed by atoms with Gasteiger partial charge in [0.25, 0.3) is 0 Å². The fraction of sp³-hybridized carbons (Fsp3) is 0.625. The molecule has 2 rings (SSSR count). The van der Waals surface area contributed by atoms with Gasteiger partial charge < -0.3 is 25.8 Å². The minimum absolute atomic E-state index is 0.196. The lowest BCUT2D eigenvalue weighted by Gasteiger charge is -2.16. The Labute approximate surface area is 95.1 Å². The van der Waals surface area contributed by atoms with Crippen molar-refractivity contribution in [3.05, 3.63) is 16.8 Å². The minimum atomic E-state index is -1.35. The highest BCUT2D eigenvalue weighted by atomic mass is 16.6. The van der Waals surface area contributed by atoms with Gasteiger partial charge in [-0.05, 0) is 0 Å². The van der Waals surface area contributed by atoms with Gasteiger partial charge in [0.1, 0.15) is 24.6 Å². The van der Waals surface area contributed by atoms with E-state index in [1.807, 2.05) is 0 Å². The Morgan fingerprint density at radius 3 is 2.71 bits per heavy atom. The third kappa shape index (κ3) is 2.00. The normalized spacial score (nSPS) is 32.9. The topological polar surface area (TPSA) is 144 Å². The third-order valence-corrected chi connectivity index (χ3v) is 2.54. The van der Waals surface area contributed by atoms with Gasteiger partial charge >= 0.3 is 5.69 Å². The first-order valence-corrected chi connectivity index (χ1v) is 4.87. The van der Waals surface area contributed by atoms with E-state index in [1.165, 1.54) is 0 Å². The molecule has 1 fully saturated rings. The molecule has 94 valence electrons. The van der Waals surface area contributed by atoms with E-state index in [1.54, 1.807) is 0 Å². The molecule has 1 aromatic heterocycles. The van der Waals surface area contributed by atoms with Gasteiger partial charge in [-0.15, -0.1) is 0 Å². The van der Waals surface area contributed by atoms with Crippen LogP contribution in [0.2, 0.25) is 0 Å². The molecule has 1 aliphatic rings. The van der Waals surface area contributed by atoms with E-state index in [4.69, 9.17) is 15.6 Å². The monoisotopic (exact) mass is 244 g/mol. The van der Waals surface area contributed by atoms with Crippen LogP contribution in [0, 0.1) is 0 Å². The first-order chi connectivity index (χ1) is 8.04. The Bertz CT molecular complexity index is 463. The third-order valence-electron chi connectivity index (χ3n) is 2.54. The molecule has 0 aliphatic carbocycles. The average Bonchev–Trinajstić information content (AvgIpc) is 2.57. The maximum atomic E-state index is 11.5. The lowest BCUT2D eigenvalue weighted by atomic mass is 10.1. The van der Waals surface area contributed by atoms with Crippen molar-refractivity contribution in [2.24, 2.45) is 0 Å². The van der Waals surface area contributed by atoms with Gasteiger partial charge in [-0.3, -0.25) is 4.57 Å². The van der Waals surface area contributed by atoms with Gasteiger partial charge in [-0.2, -0.15) is 4.98 Å². The fourth-order valence-electron chi connectivity index (χ4n) is 1.64. The molecule has 17 heavy (non-hydrogen) atoms. The van der Waals surface area contributed by atoms with Gasteiger partial charge in [0.15, 0.2) is 6.23 Å². The number of rotatable bonds is 2. The van der Waals surface area contributed by atoms with E-state index in [0.29, 0.717) is 0 Å². The minimum Gasteiger partial charge on any atom is -0.394 e. The summed E-state index contributed by atoms with van der Waals surface area (Å²) in [5.41, 5.74) is 4.46. The number of aliphatic hydroxyl groups is 3. The molecular formula is C8H12N4O5. The number of ether oxygens (including phenoxy) is 1. The van der Waals surface area contributed by atoms with E-state index < -0.39 is 36.8 Å². The van der Waals surface area contributed by atoms with E-state index in [2.05, 4.69) is 9.97 Å². The number of nitrogen functional groups attached to an aromatic ring is 1. The van der Waals surface area contributed by atoms with Crippen LogP contribution in [-0.2, 0) is 4.74 Å². The average molecular weight is 244 g/mol. The smallest absolute Gasteiger partial charge is 0.354 e. The van der Waals surface area contributed by atoms with Gasteiger partial charge in [0.2, 0.25) is 5.95 Å². The van der Waals surface area contributed by atoms with Crippen molar-refractivity contribution in [3.63, 3.8) is 0 Å². The molecule has 1 unspecified atom stereocenters. The zero-order valence-electron chi connectivity index (χ0n) is 8.67. The second kappa shape index (κ2) is 4.37. The fourth-order valence-corrected chi connectivity index (χ4v) is 1.64. The molecular weight excluding hydrogens is 232 g/mol. The zero-order chi connectivity index (χ0) is 12.6. The van der Waals surface area contributed by atoms with Gasteiger partial charge in [0.05, 0.1) is 6.61 Å². The molecule has 4 atom stereocenters. The summed E-state index contributed by atoms with van der Waals surface area (Å²) in [5, 5.41) is 28.1. The van der Waals surface area contributed by atoms with Crippen molar-refractivity contribution >= 4 is 5.95 Å². The lowest BCUT2D eigenvalue weighted by molar-refractivity contribution is -0.0554. The molecule has 0 saturated carbocycles. The number of hydrogen-bond acceptors (Lipinski definition) is 8. The predicted molar refractivity (Wildman–Crippen MR) is 53.7 cm³/mol. The van der Waals surface area contributed by atoms with Crippen molar-refractivity contribution < 1.29 is 20.1 Å². The van der Waals surface area contributed by atoms with Crippen LogP contribution in [0.4, 0.5) is 5.95 Å². The van der Waals surface area contributed by atoms with Crippen molar-refractivity contribution in [2.75, 3.05) is 12.3 Å². The standard InChI is InChI=1S/C8H12N4O5/c9-7-10-2-12(8(16)11-7)6-5(15)4(14)3(1-13)17-6/h2-6,13-15H,1H2,(H2,9,11,16)/t3?,4-,5-,6-/m1/s1. The van der Waals surface area contributed by atoms with Crippen LogP contribution in [0.1, 0.15) is 6.23 Å². The molecule has 0 aromatic carbocycles. The Kier molecular flexibility index (Phi) is 3.07. The molecule has 1 aromatic rings. The summed E-state index contributed by atoms with van der Waals surface area (Å²) in [5.74, 6) is -0.196. The molecule has 5 N–H and O–H groups in total. The highest BCUT2D eigenvalue weighted by molar-refractivity contribution is 5.10. The molecule has 1 aliphatic heterocycles. The quantitative estimate of drug-likeness (QED) is 0.426. The molecule has 9 nitrogen and oxygen atoms in total. The molecule has 0 bridgehead atoms. The van der Waals surface area contributed by atoms with Crippen LogP contribution in [-0.4, -0.2) is 54.8 Å². The highest BCUT2D eigenvalue weighted by Gasteiger charge is 2.43. The van der Waals surface area contributed by atoms with Crippen molar-refractivity contribution in [2.45, 2.75) is 24.5 Å². The zero-order valence-corrected chi connectivity index (χ0v) is 8.67. The number of aliphatic hydroxyl groups excluding tert-OH is 3. The summed E-state index contributed by atoms with van der Waals surface area (Å²) in [6, 6.07) is 0. The summed E-state index contributed by atoms with van der Waals surface area (Å²) in [6.45, 7) is -0.473. The summed E-state index contributed by atoms with van der Waals surface area (Å²) < 4.78 is 6.04. The predicted octanol–water partition coefficient (Wildman–Crippen LogP) is -3.17. The second-order valence-corrected chi connectivity index (χ2v) is 3.63. The van der Waals surface area contributed by atoms with E-state index in [9.17, 15) is 15.0 Å². The van der Waals surface area contributed by atoms with Gasteiger partial charge in [0, 0.05) is 0 Å². The van der Waals surface area contributed by atoms with E-state index >= 15 is 0 Å². The van der Waals surface area contributed by atoms with Crippen molar-refractivity contribution in [1.29, 1.82) is 0 Å². The Balaban J connectivity index is 2.32. The molecule has 1 saturated heterocycles. The summed E-state index contributed by atoms with van der Waals surface area (Å²) in [6.07, 6.45) is -3.67. The summed E-state index contributed by atoms with van der Waals surface area (Å²) in [4.78, 5) is 18.4. The first kappa shape index (κ1) is 11.9. The van der Waals surface area contributed by atoms with Crippen LogP contribution >= 0.6 is 0 Å². The van der Waals surface area contributed by atoms with Crippen LogP contribution in [0.25, 0.3) is 0 Å². The first-order valence-electron chi connectivity index (χ1n) is 4.87. The van der Waals surface area contributed by atoms with Gasteiger partial charge in [-0.25, -0.2) is 9.78 Å². The maximum Gasteiger partial charge on any atom is 0.354 e. The molecule has 9 heteroatoms. The van der Waals surface area contributed by atoms with Crippen molar-refractivity contribution in [3.8, 4) is 0 Å². The molecule has 0 radical (unpaired) electrons. The second-order valence-electron chi connectivity index (χ2n) is 3.63.